The summed E-state index contributed by atoms with van der Waals surface area (Å²) in [7, 11) is 0. The molecular weight excluding hydrogens is 330 g/mol. The van der Waals surface area contributed by atoms with Crippen LogP contribution in [0.5, 0.6) is 0 Å². The van der Waals surface area contributed by atoms with Crippen LogP contribution in [0.2, 0.25) is 0 Å². The smallest absolute Gasteiger partial charge is 0.329 e. The monoisotopic (exact) mass is 349 g/mol. The number of esters is 1. The van der Waals surface area contributed by atoms with Gasteiger partial charge < -0.3 is 9.30 Å². The van der Waals surface area contributed by atoms with E-state index < -0.39 is 12.1 Å². The molecule has 0 radical (unpaired) electrons. The van der Waals surface area contributed by atoms with Crippen molar-refractivity contribution in [1.82, 2.24) is 4.57 Å². The van der Waals surface area contributed by atoms with E-state index in [-0.39, 0.29) is 5.97 Å². The largest absolute Gasteiger partial charge is 0.451 e. The fourth-order valence-corrected chi connectivity index (χ4v) is 2.72. The second kappa shape index (κ2) is 7.90. The highest BCUT2D eigenvalue weighted by Gasteiger charge is 2.23. The van der Waals surface area contributed by atoms with Gasteiger partial charge >= 0.3 is 5.97 Å². The molecule has 3 rings (SSSR count). The predicted octanol–water partition coefficient (Wildman–Crippen LogP) is 5.11. The molecule has 1 aromatic heterocycles. The maximum absolute atomic E-state index is 12.7. The minimum Gasteiger partial charge on any atom is -0.451 e. The van der Waals surface area contributed by atoms with Crippen molar-refractivity contribution in [3.05, 3.63) is 101 Å². The Kier molecular flexibility index (Phi) is 5.41. The lowest BCUT2D eigenvalue weighted by Gasteiger charge is -2.22. The molecule has 3 aromatic rings. The molecule has 0 aliphatic heterocycles. The minimum absolute atomic E-state index is 0.292. The molecule has 0 saturated heterocycles. The first-order valence-corrected chi connectivity index (χ1v) is 8.54. The van der Waals surface area contributed by atoms with Crippen molar-refractivity contribution in [3.8, 4) is 0 Å². The molecule has 0 N–H and O–H groups in total. The van der Waals surface area contributed by atoms with E-state index in [1.165, 1.54) is 0 Å². The van der Waals surface area contributed by atoms with Crippen LogP contribution in [0.25, 0.3) is 0 Å². The van der Waals surface area contributed by atoms with Gasteiger partial charge in [-0.05, 0) is 30.2 Å². The minimum atomic E-state index is -0.439. The Balaban J connectivity index is 1.86. The number of aromatic nitrogens is 1. The number of hydrogen-bond donors (Lipinski definition) is 0. The van der Waals surface area contributed by atoms with E-state index in [0.29, 0.717) is 0 Å². The van der Waals surface area contributed by atoms with Crippen LogP contribution in [0.3, 0.4) is 0 Å². The van der Waals surface area contributed by atoms with Crippen molar-refractivity contribution in [1.29, 1.82) is 0 Å². The van der Waals surface area contributed by atoms with E-state index >= 15 is 0 Å². The lowest BCUT2D eigenvalue weighted by Crippen LogP contribution is -2.22. The standard InChI is InChI=1S/C21H19NO2S/c1-16(22-14-12-19(25)13-15-22)21(23)24-20(17-8-4-2-5-9-17)18-10-6-3-7-11-18/h2-16,20H,1H3. The number of hydrogen-bond acceptors (Lipinski definition) is 3. The first kappa shape index (κ1) is 17.1. The molecule has 1 heterocycles. The van der Waals surface area contributed by atoms with E-state index in [2.05, 4.69) is 0 Å². The normalized spacial score (nSPS) is 11.9. The van der Waals surface area contributed by atoms with Crippen LogP contribution in [0.1, 0.15) is 30.2 Å². The number of benzene rings is 2. The third-order valence-electron chi connectivity index (χ3n) is 4.05. The Labute approximate surface area is 152 Å². The highest BCUT2D eigenvalue weighted by molar-refractivity contribution is 7.71. The molecule has 0 aliphatic rings. The quantitative estimate of drug-likeness (QED) is 0.474. The average Bonchev–Trinajstić information content (AvgIpc) is 2.67. The molecule has 0 bridgehead atoms. The van der Waals surface area contributed by atoms with Crippen molar-refractivity contribution in [2.45, 2.75) is 19.1 Å². The third kappa shape index (κ3) is 4.22. The molecule has 25 heavy (non-hydrogen) atoms. The predicted molar refractivity (Wildman–Crippen MR) is 101 cm³/mol. The van der Waals surface area contributed by atoms with Crippen molar-refractivity contribution in [2.24, 2.45) is 0 Å². The summed E-state index contributed by atoms with van der Waals surface area (Å²) in [6, 6.07) is 22.7. The molecule has 1 unspecified atom stereocenters. The zero-order valence-electron chi connectivity index (χ0n) is 13.9. The summed E-state index contributed by atoms with van der Waals surface area (Å²) in [6.45, 7) is 1.82. The van der Waals surface area contributed by atoms with Gasteiger partial charge in [0.1, 0.15) is 6.04 Å². The Morgan fingerprint density at radius 1 is 0.880 bits per heavy atom. The average molecular weight is 349 g/mol. The van der Waals surface area contributed by atoms with Gasteiger partial charge in [-0.1, -0.05) is 72.9 Å². The van der Waals surface area contributed by atoms with Gasteiger partial charge in [0.15, 0.2) is 6.10 Å². The van der Waals surface area contributed by atoms with Crippen LogP contribution in [0, 0.1) is 4.51 Å². The Morgan fingerprint density at radius 3 is 1.84 bits per heavy atom. The van der Waals surface area contributed by atoms with Crippen LogP contribution in [0.4, 0.5) is 0 Å². The van der Waals surface area contributed by atoms with Gasteiger partial charge in [-0.15, -0.1) is 0 Å². The Morgan fingerprint density at radius 2 is 1.36 bits per heavy atom. The first-order chi connectivity index (χ1) is 12.1. The Hall–Kier alpha value is -2.72. The molecule has 126 valence electrons. The van der Waals surface area contributed by atoms with Crippen LogP contribution in [-0.2, 0) is 9.53 Å². The van der Waals surface area contributed by atoms with E-state index in [1.54, 1.807) is 29.1 Å². The summed E-state index contributed by atoms with van der Waals surface area (Å²) in [6.07, 6.45) is 3.17. The second-order valence-electron chi connectivity index (χ2n) is 5.80. The van der Waals surface area contributed by atoms with Gasteiger partial charge in [0, 0.05) is 16.9 Å². The van der Waals surface area contributed by atoms with Crippen LogP contribution in [0.15, 0.2) is 85.2 Å². The van der Waals surface area contributed by atoms with Gasteiger partial charge in [0.05, 0.1) is 0 Å². The highest BCUT2D eigenvalue weighted by atomic mass is 32.1. The maximum atomic E-state index is 12.7. The highest BCUT2D eigenvalue weighted by Crippen LogP contribution is 2.27. The van der Waals surface area contributed by atoms with Gasteiger partial charge in [0.25, 0.3) is 0 Å². The van der Waals surface area contributed by atoms with Gasteiger partial charge in [-0.2, -0.15) is 0 Å². The summed E-state index contributed by atoms with van der Waals surface area (Å²) >= 11 is 5.09. The zero-order valence-corrected chi connectivity index (χ0v) is 14.7. The molecule has 0 saturated carbocycles. The number of carbonyl (C=O) groups excluding carboxylic acids is 1. The molecule has 0 aliphatic carbocycles. The Bertz CT molecular complexity index is 831. The second-order valence-corrected chi connectivity index (χ2v) is 6.27. The van der Waals surface area contributed by atoms with E-state index in [9.17, 15) is 4.79 Å². The molecule has 2 aromatic carbocycles. The molecule has 3 nitrogen and oxygen atoms in total. The van der Waals surface area contributed by atoms with E-state index in [0.717, 1.165) is 15.6 Å². The number of rotatable bonds is 5. The summed E-state index contributed by atoms with van der Waals surface area (Å²) in [5, 5.41) is 0. The topological polar surface area (TPSA) is 31.2 Å². The lowest BCUT2D eigenvalue weighted by atomic mass is 10.0. The summed E-state index contributed by atoms with van der Waals surface area (Å²) in [5.41, 5.74) is 1.89. The first-order valence-electron chi connectivity index (χ1n) is 8.13. The van der Waals surface area contributed by atoms with Crippen molar-refractivity contribution < 1.29 is 9.53 Å². The summed E-state index contributed by atoms with van der Waals surface area (Å²) in [5.74, 6) is -0.292. The van der Waals surface area contributed by atoms with Crippen LogP contribution < -0.4 is 0 Å². The fraction of sp³-hybridized carbons (Fsp3) is 0.143. The fourth-order valence-electron chi connectivity index (χ4n) is 2.60. The molecule has 0 fully saturated rings. The van der Waals surface area contributed by atoms with Crippen LogP contribution in [-0.4, -0.2) is 10.5 Å². The summed E-state index contributed by atoms with van der Waals surface area (Å²) < 4.78 is 8.42. The van der Waals surface area contributed by atoms with Crippen molar-refractivity contribution in [2.75, 3.05) is 0 Å². The lowest BCUT2D eigenvalue weighted by molar-refractivity contribution is -0.151. The molecule has 1 atom stereocenters. The van der Waals surface area contributed by atoms with Gasteiger partial charge in [-0.25, -0.2) is 4.79 Å². The molecule has 0 amide bonds. The SMILES string of the molecule is CC(C(=O)OC(c1ccccc1)c1ccccc1)n1ccc(=S)cc1. The maximum Gasteiger partial charge on any atom is 0.329 e. The van der Waals surface area contributed by atoms with Crippen molar-refractivity contribution in [3.63, 3.8) is 0 Å². The van der Waals surface area contributed by atoms with Crippen LogP contribution >= 0.6 is 12.2 Å². The number of nitrogens with zero attached hydrogens (tertiary/aromatic N) is 1. The number of ether oxygens (including phenoxy) is 1. The van der Waals surface area contributed by atoms with Gasteiger partial charge in [0.2, 0.25) is 0 Å². The number of pyridine rings is 1. The zero-order chi connectivity index (χ0) is 17.6. The van der Waals surface area contributed by atoms with E-state index in [1.807, 2.05) is 67.6 Å². The summed E-state index contributed by atoms with van der Waals surface area (Å²) in [4.78, 5) is 12.7. The molecule has 0 spiro atoms. The molecule has 4 heteroatoms. The van der Waals surface area contributed by atoms with E-state index in [4.69, 9.17) is 17.0 Å². The van der Waals surface area contributed by atoms with Gasteiger partial charge in [-0.3, -0.25) is 0 Å². The third-order valence-corrected chi connectivity index (χ3v) is 4.32. The number of carbonyl (C=O) groups is 1. The molecular formula is C21H19NO2S. The van der Waals surface area contributed by atoms with Crippen molar-refractivity contribution >= 4 is 18.2 Å².